The van der Waals surface area contributed by atoms with Crippen molar-refractivity contribution in [3.63, 3.8) is 0 Å². The average Bonchev–Trinajstić information content (AvgIpc) is 2.96. The Hall–Kier alpha value is -1.73. The zero-order valence-electron chi connectivity index (χ0n) is 9.86. The molecule has 0 amide bonds. The third-order valence-electron chi connectivity index (χ3n) is 2.73. The van der Waals surface area contributed by atoms with Crippen molar-refractivity contribution in [1.29, 1.82) is 0 Å². The maximum atomic E-state index is 13.9. The van der Waals surface area contributed by atoms with Gasteiger partial charge in [-0.25, -0.2) is 8.78 Å². The minimum atomic E-state index is -0.711. The number of halogens is 3. The number of nitrogen functional groups attached to an aromatic ring is 1. The smallest absolute Gasteiger partial charge is 0.230 e. The zero-order chi connectivity index (χ0) is 14.3. The highest BCUT2D eigenvalue weighted by Gasteiger charge is 2.21. The Bertz CT molecular complexity index is 785. The molecule has 7 heteroatoms. The summed E-state index contributed by atoms with van der Waals surface area (Å²) in [7, 11) is 0. The molecular weight excluding hydrogens is 350 g/mol. The molecule has 0 aliphatic rings. The maximum absolute atomic E-state index is 13.9. The Morgan fingerprint density at radius 2 is 2.00 bits per heavy atom. The predicted octanol–water partition coefficient (Wildman–Crippen LogP) is 4.69. The molecule has 3 nitrogen and oxygen atoms in total. The summed E-state index contributed by atoms with van der Waals surface area (Å²) in [6, 6.07) is 6.95. The summed E-state index contributed by atoms with van der Waals surface area (Å²) in [4.78, 5) is 0.774. The van der Waals surface area contributed by atoms with Crippen molar-refractivity contribution in [3.8, 4) is 21.7 Å². The highest BCUT2D eigenvalue weighted by molar-refractivity contribution is 9.11. The van der Waals surface area contributed by atoms with Gasteiger partial charge in [0.05, 0.1) is 14.2 Å². The molecule has 0 aliphatic heterocycles. The molecule has 0 unspecified atom stereocenters. The number of hydrogen-bond donors (Lipinski definition) is 1. The number of nitrogens with two attached hydrogens (primary N) is 1. The molecule has 102 valence electrons. The first-order valence-corrected chi connectivity index (χ1v) is 7.13. The molecular formula is C13H7BrF2N2OS. The van der Waals surface area contributed by atoms with Crippen LogP contribution in [-0.2, 0) is 0 Å². The Morgan fingerprint density at radius 3 is 2.65 bits per heavy atom. The molecule has 0 bridgehead atoms. The van der Waals surface area contributed by atoms with E-state index in [-0.39, 0.29) is 11.4 Å². The highest BCUT2D eigenvalue weighted by Crippen LogP contribution is 2.40. The summed E-state index contributed by atoms with van der Waals surface area (Å²) in [5, 5.41) is 3.87. The quantitative estimate of drug-likeness (QED) is 0.724. The van der Waals surface area contributed by atoms with Crippen LogP contribution in [0.1, 0.15) is 0 Å². The first-order valence-electron chi connectivity index (χ1n) is 5.52. The molecule has 2 aromatic heterocycles. The van der Waals surface area contributed by atoms with E-state index in [9.17, 15) is 8.78 Å². The van der Waals surface area contributed by atoms with Crippen molar-refractivity contribution in [2.45, 2.75) is 0 Å². The second kappa shape index (κ2) is 4.99. The average molecular weight is 357 g/mol. The van der Waals surface area contributed by atoms with Gasteiger partial charge in [-0.15, -0.1) is 11.3 Å². The van der Waals surface area contributed by atoms with Crippen molar-refractivity contribution < 1.29 is 13.3 Å². The van der Waals surface area contributed by atoms with Crippen LogP contribution in [0.4, 0.5) is 14.7 Å². The zero-order valence-corrected chi connectivity index (χ0v) is 12.3. The van der Waals surface area contributed by atoms with E-state index >= 15 is 0 Å². The first-order chi connectivity index (χ1) is 9.56. The van der Waals surface area contributed by atoms with Gasteiger partial charge in [0.1, 0.15) is 17.3 Å². The highest BCUT2D eigenvalue weighted by atomic mass is 79.9. The van der Waals surface area contributed by atoms with Gasteiger partial charge in [-0.1, -0.05) is 5.16 Å². The number of hydrogen-bond acceptors (Lipinski definition) is 4. The molecule has 3 rings (SSSR count). The Balaban J connectivity index is 2.21. The van der Waals surface area contributed by atoms with Crippen molar-refractivity contribution in [2.75, 3.05) is 5.73 Å². The van der Waals surface area contributed by atoms with E-state index in [0.717, 1.165) is 14.7 Å². The van der Waals surface area contributed by atoms with Gasteiger partial charge in [0, 0.05) is 11.6 Å². The molecule has 2 heterocycles. The van der Waals surface area contributed by atoms with Crippen LogP contribution in [0.3, 0.4) is 0 Å². The van der Waals surface area contributed by atoms with Gasteiger partial charge in [-0.05, 0) is 40.2 Å². The van der Waals surface area contributed by atoms with Crippen LogP contribution >= 0.6 is 27.3 Å². The van der Waals surface area contributed by atoms with Crippen molar-refractivity contribution in [2.24, 2.45) is 0 Å². The Labute approximate surface area is 125 Å². The van der Waals surface area contributed by atoms with Crippen LogP contribution < -0.4 is 5.73 Å². The summed E-state index contributed by atoms with van der Waals surface area (Å²) in [5.74, 6) is -1.37. The van der Waals surface area contributed by atoms with Crippen molar-refractivity contribution in [3.05, 3.63) is 45.8 Å². The van der Waals surface area contributed by atoms with E-state index in [0.29, 0.717) is 11.3 Å². The minimum Gasteiger partial charge on any atom is -0.367 e. The summed E-state index contributed by atoms with van der Waals surface area (Å²) >= 11 is 4.76. The fourth-order valence-electron chi connectivity index (χ4n) is 1.87. The fourth-order valence-corrected chi connectivity index (χ4v) is 3.24. The molecule has 2 N–H and O–H groups in total. The lowest BCUT2D eigenvalue weighted by Crippen LogP contribution is -1.91. The van der Waals surface area contributed by atoms with E-state index < -0.39 is 11.6 Å². The minimum absolute atomic E-state index is 0.00460. The lowest BCUT2D eigenvalue weighted by Gasteiger charge is -2.03. The Morgan fingerprint density at radius 1 is 1.20 bits per heavy atom. The number of anilines is 1. The number of aromatic nitrogens is 1. The van der Waals surface area contributed by atoms with Crippen molar-refractivity contribution in [1.82, 2.24) is 5.16 Å². The molecule has 0 saturated carbocycles. The first kappa shape index (κ1) is 13.3. The molecule has 0 fully saturated rings. The monoisotopic (exact) mass is 356 g/mol. The number of rotatable bonds is 2. The van der Waals surface area contributed by atoms with E-state index in [4.69, 9.17) is 10.3 Å². The van der Waals surface area contributed by atoms with Crippen molar-refractivity contribution >= 4 is 33.2 Å². The maximum Gasteiger partial charge on any atom is 0.230 e. The van der Waals surface area contributed by atoms with Crippen LogP contribution in [0.5, 0.6) is 0 Å². The van der Waals surface area contributed by atoms with Gasteiger partial charge in [-0.2, -0.15) is 0 Å². The molecule has 0 radical (unpaired) electrons. The summed E-state index contributed by atoms with van der Waals surface area (Å²) in [6.07, 6.45) is 0. The third-order valence-corrected chi connectivity index (χ3v) is 4.36. The van der Waals surface area contributed by atoms with E-state index in [1.807, 2.05) is 12.1 Å². The summed E-state index contributed by atoms with van der Waals surface area (Å²) < 4.78 is 32.8. The molecule has 0 spiro atoms. The van der Waals surface area contributed by atoms with Crippen LogP contribution in [0.2, 0.25) is 0 Å². The standard InChI is InChI=1S/C13H7BrF2N2OS/c14-10-4-3-9(20-10)12-11(13(17)19-18-12)7-2-1-6(15)5-8(7)16/h1-5H,17H2. The molecule has 1 aromatic carbocycles. The summed E-state index contributed by atoms with van der Waals surface area (Å²) in [5.41, 5.74) is 6.65. The number of benzene rings is 1. The van der Waals surface area contributed by atoms with Gasteiger partial charge in [-0.3, -0.25) is 0 Å². The van der Waals surface area contributed by atoms with Crippen LogP contribution in [0, 0.1) is 11.6 Å². The second-order valence-electron chi connectivity index (χ2n) is 4.00. The van der Waals surface area contributed by atoms with Crippen LogP contribution in [-0.4, -0.2) is 5.16 Å². The van der Waals surface area contributed by atoms with Gasteiger partial charge >= 0.3 is 0 Å². The fraction of sp³-hybridized carbons (Fsp3) is 0. The second-order valence-corrected chi connectivity index (χ2v) is 6.46. The van der Waals surface area contributed by atoms with Gasteiger partial charge in [0.15, 0.2) is 0 Å². The summed E-state index contributed by atoms with van der Waals surface area (Å²) in [6.45, 7) is 0. The third kappa shape index (κ3) is 2.23. The lowest BCUT2D eigenvalue weighted by atomic mass is 10.0. The lowest BCUT2D eigenvalue weighted by molar-refractivity contribution is 0.439. The van der Waals surface area contributed by atoms with E-state index in [2.05, 4.69) is 21.1 Å². The molecule has 0 atom stereocenters. The van der Waals surface area contributed by atoms with Gasteiger partial charge < -0.3 is 10.3 Å². The van der Waals surface area contributed by atoms with E-state index in [1.54, 1.807) is 0 Å². The SMILES string of the molecule is Nc1onc(-c2ccc(Br)s2)c1-c1ccc(F)cc1F. The topological polar surface area (TPSA) is 52.0 Å². The number of thiophene rings is 1. The van der Waals surface area contributed by atoms with E-state index in [1.165, 1.54) is 23.5 Å². The number of nitrogens with zero attached hydrogens (tertiary/aromatic N) is 1. The Kier molecular flexibility index (Phi) is 3.31. The molecule has 0 aliphatic carbocycles. The van der Waals surface area contributed by atoms with Crippen LogP contribution in [0.15, 0.2) is 38.6 Å². The van der Waals surface area contributed by atoms with Gasteiger partial charge in [0.2, 0.25) is 5.88 Å². The van der Waals surface area contributed by atoms with Gasteiger partial charge in [0.25, 0.3) is 0 Å². The molecule has 3 aromatic rings. The van der Waals surface area contributed by atoms with Crippen LogP contribution in [0.25, 0.3) is 21.7 Å². The largest absolute Gasteiger partial charge is 0.367 e. The predicted molar refractivity (Wildman–Crippen MR) is 77.3 cm³/mol. The molecule has 20 heavy (non-hydrogen) atoms. The molecule has 0 saturated heterocycles. The normalized spacial score (nSPS) is 10.9.